The molecule has 1 N–H and O–H groups in total. The molecular weight excluding hydrogens is 280 g/mol. The van der Waals surface area contributed by atoms with Crippen LogP contribution in [0, 0.1) is 6.92 Å². The Morgan fingerprint density at radius 3 is 2.62 bits per heavy atom. The van der Waals surface area contributed by atoms with E-state index in [1.807, 2.05) is 6.92 Å². The van der Waals surface area contributed by atoms with Gasteiger partial charge < -0.3 is 5.32 Å². The highest BCUT2D eigenvalue weighted by Crippen LogP contribution is 2.11. The predicted octanol–water partition coefficient (Wildman–Crippen LogP) is 2.98. The first-order valence-corrected chi connectivity index (χ1v) is 8.30. The van der Waals surface area contributed by atoms with Crippen LogP contribution in [0.5, 0.6) is 0 Å². The summed E-state index contributed by atoms with van der Waals surface area (Å²) in [6.45, 7) is 7.81. The molecule has 21 heavy (non-hydrogen) atoms. The molecule has 0 amide bonds. The average Bonchev–Trinajstić information content (AvgIpc) is 2.84. The molecule has 0 fully saturated rings. The van der Waals surface area contributed by atoms with Gasteiger partial charge in [-0.25, -0.2) is 4.98 Å². The van der Waals surface area contributed by atoms with E-state index in [0.29, 0.717) is 0 Å². The van der Waals surface area contributed by atoms with E-state index in [4.69, 9.17) is 4.98 Å². The lowest BCUT2D eigenvalue weighted by molar-refractivity contribution is 0.311. The third-order valence-electron chi connectivity index (χ3n) is 3.13. The second-order valence-electron chi connectivity index (χ2n) is 5.33. The maximum Gasteiger partial charge on any atom is 0.0897 e. The minimum absolute atomic E-state index is 0.844. The highest BCUT2D eigenvalue weighted by molar-refractivity contribution is 7.09. The molecule has 0 saturated carbocycles. The summed E-state index contributed by atoms with van der Waals surface area (Å²) in [7, 11) is 2.11. The third kappa shape index (κ3) is 5.53. The Morgan fingerprint density at radius 1 is 1.14 bits per heavy atom. The predicted molar refractivity (Wildman–Crippen MR) is 88.3 cm³/mol. The van der Waals surface area contributed by atoms with Crippen LogP contribution < -0.4 is 5.32 Å². The molecule has 0 saturated heterocycles. The molecule has 114 valence electrons. The maximum absolute atomic E-state index is 4.71. The lowest BCUT2D eigenvalue weighted by atomic mass is 10.2. The first-order valence-electron chi connectivity index (χ1n) is 7.42. The van der Waals surface area contributed by atoms with Crippen molar-refractivity contribution in [1.82, 2.24) is 20.2 Å². The van der Waals surface area contributed by atoms with Gasteiger partial charge in [0, 0.05) is 25.0 Å². The summed E-state index contributed by atoms with van der Waals surface area (Å²) in [4.78, 5) is 11.5. The van der Waals surface area contributed by atoms with Crippen molar-refractivity contribution in [3.05, 3.63) is 45.7 Å². The zero-order valence-electron chi connectivity index (χ0n) is 13.1. The summed E-state index contributed by atoms with van der Waals surface area (Å²) in [5, 5.41) is 6.64. The topological polar surface area (TPSA) is 41.0 Å². The number of rotatable bonds is 8. The summed E-state index contributed by atoms with van der Waals surface area (Å²) in [6, 6.07) is 6.26. The Hall–Kier alpha value is -1.30. The molecule has 0 aliphatic rings. The molecule has 4 nitrogen and oxygen atoms in total. The molecule has 5 heteroatoms. The number of pyridine rings is 1. The molecular formula is C16H24N4S. The minimum atomic E-state index is 0.844. The zero-order chi connectivity index (χ0) is 15.1. The summed E-state index contributed by atoms with van der Waals surface area (Å²) < 4.78 is 0. The molecule has 0 bridgehead atoms. The molecule has 0 aromatic carbocycles. The molecule has 0 aliphatic heterocycles. The largest absolute Gasteiger partial charge is 0.311 e. The Kier molecular flexibility index (Phi) is 6.29. The van der Waals surface area contributed by atoms with Gasteiger partial charge in [0.1, 0.15) is 0 Å². The van der Waals surface area contributed by atoms with Crippen molar-refractivity contribution in [2.24, 2.45) is 0 Å². The molecule has 2 heterocycles. The quantitative estimate of drug-likeness (QED) is 0.761. The van der Waals surface area contributed by atoms with Gasteiger partial charge in [0.25, 0.3) is 0 Å². The van der Waals surface area contributed by atoms with Crippen molar-refractivity contribution in [3.8, 4) is 0 Å². The van der Waals surface area contributed by atoms with E-state index in [-0.39, 0.29) is 0 Å². The van der Waals surface area contributed by atoms with E-state index >= 15 is 0 Å². The normalized spacial score (nSPS) is 11.2. The second-order valence-corrected chi connectivity index (χ2v) is 6.39. The van der Waals surface area contributed by atoms with Gasteiger partial charge in [-0.05, 0) is 39.1 Å². The number of nitrogens with zero attached hydrogens (tertiary/aromatic N) is 3. The van der Waals surface area contributed by atoms with E-state index < -0.39 is 0 Å². The molecule has 2 aromatic rings. The van der Waals surface area contributed by atoms with Crippen molar-refractivity contribution in [1.29, 1.82) is 0 Å². The fraction of sp³-hybridized carbons (Fsp3) is 0.500. The maximum atomic E-state index is 4.71. The Labute approximate surface area is 131 Å². The lowest BCUT2D eigenvalue weighted by Gasteiger charge is -2.15. The minimum Gasteiger partial charge on any atom is -0.311 e. The van der Waals surface area contributed by atoms with Gasteiger partial charge in [-0.1, -0.05) is 13.0 Å². The monoisotopic (exact) mass is 304 g/mol. The number of nitrogens with one attached hydrogen (secondary N) is 1. The van der Waals surface area contributed by atoms with Crippen molar-refractivity contribution in [2.45, 2.75) is 39.9 Å². The van der Waals surface area contributed by atoms with Crippen molar-refractivity contribution < 1.29 is 0 Å². The number of hydrogen-bond acceptors (Lipinski definition) is 5. The van der Waals surface area contributed by atoms with Gasteiger partial charge >= 0.3 is 0 Å². The summed E-state index contributed by atoms with van der Waals surface area (Å²) in [5.74, 6) is 0. The number of thiazole rings is 1. The molecule has 0 aliphatic carbocycles. The van der Waals surface area contributed by atoms with Gasteiger partial charge in [0.05, 0.1) is 22.1 Å². The SMILES string of the molecule is CCCNCc1cccc(CN(C)Cc2csc(C)n2)n1. The second kappa shape index (κ2) is 8.22. The van der Waals surface area contributed by atoms with Crippen LogP contribution in [0.4, 0.5) is 0 Å². The Balaban J connectivity index is 1.88. The highest BCUT2D eigenvalue weighted by Gasteiger charge is 2.06. The summed E-state index contributed by atoms with van der Waals surface area (Å²) in [5.41, 5.74) is 3.36. The van der Waals surface area contributed by atoms with Crippen LogP contribution in [0.15, 0.2) is 23.6 Å². The van der Waals surface area contributed by atoms with E-state index in [2.05, 4.69) is 52.8 Å². The summed E-state index contributed by atoms with van der Waals surface area (Å²) >= 11 is 1.70. The molecule has 0 atom stereocenters. The lowest BCUT2D eigenvalue weighted by Crippen LogP contribution is -2.19. The van der Waals surface area contributed by atoms with Crippen LogP contribution in [0.1, 0.15) is 35.4 Å². The van der Waals surface area contributed by atoms with E-state index in [9.17, 15) is 0 Å². The fourth-order valence-corrected chi connectivity index (χ4v) is 2.80. The number of hydrogen-bond donors (Lipinski definition) is 1. The van der Waals surface area contributed by atoms with E-state index in [0.717, 1.165) is 54.7 Å². The highest BCUT2D eigenvalue weighted by atomic mass is 32.1. The molecule has 2 aromatic heterocycles. The number of aromatic nitrogens is 2. The standard InChI is InChI=1S/C16H24N4S/c1-4-8-17-9-14-6-5-7-15(19-14)10-20(3)11-16-12-21-13(2)18-16/h5-7,12,17H,4,8-11H2,1-3H3. The van der Waals surface area contributed by atoms with Crippen molar-refractivity contribution >= 4 is 11.3 Å². The third-order valence-corrected chi connectivity index (χ3v) is 3.95. The van der Waals surface area contributed by atoms with Crippen LogP contribution in [0.2, 0.25) is 0 Å². The Morgan fingerprint density at radius 2 is 1.90 bits per heavy atom. The summed E-state index contributed by atoms with van der Waals surface area (Å²) in [6.07, 6.45) is 1.15. The molecule has 2 rings (SSSR count). The van der Waals surface area contributed by atoms with Gasteiger partial charge in [0.2, 0.25) is 0 Å². The number of aryl methyl sites for hydroxylation is 1. The smallest absolute Gasteiger partial charge is 0.0897 e. The first kappa shape index (κ1) is 16.1. The van der Waals surface area contributed by atoms with Crippen LogP contribution in [-0.2, 0) is 19.6 Å². The molecule has 0 unspecified atom stereocenters. The van der Waals surface area contributed by atoms with Crippen LogP contribution in [0.3, 0.4) is 0 Å². The average molecular weight is 304 g/mol. The molecule has 0 spiro atoms. The van der Waals surface area contributed by atoms with Crippen LogP contribution >= 0.6 is 11.3 Å². The van der Waals surface area contributed by atoms with Crippen molar-refractivity contribution in [2.75, 3.05) is 13.6 Å². The first-order chi connectivity index (χ1) is 10.2. The molecule has 0 radical (unpaired) electrons. The van der Waals surface area contributed by atoms with E-state index in [1.54, 1.807) is 11.3 Å². The van der Waals surface area contributed by atoms with Gasteiger partial charge in [-0.3, -0.25) is 9.88 Å². The van der Waals surface area contributed by atoms with E-state index in [1.165, 1.54) is 0 Å². The van der Waals surface area contributed by atoms with Crippen LogP contribution in [-0.4, -0.2) is 28.5 Å². The fourth-order valence-electron chi connectivity index (χ4n) is 2.20. The van der Waals surface area contributed by atoms with Gasteiger partial charge in [-0.15, -0.1) is 11.3 Å². The zero-order valence-corrected chi connectivity index (χ0v) is 13.9. The van der Waals surface area contributed by atoms with Crippen molar-refractivity contribution in [3.63, 3.8) is 0 Å². The van der Waals surface area contributed by atoms with Gasteiger partial charge in [-0.2, -0.15) is 0 Å². The van der Waals surface area contributed by atoms with Gasteiger partial charge in [0.15, 0.2) is 0 Å². The Bertz CT molecular complexity index is 553. The van der Waals surface area contributed by atoms with Crippen LogP contribution in [0.25, 0.3) is 0 Å².